The highest BCUT2D eigenvalue weighted by Gasteiger charge is 2.30. The number of hydrogen-bond donors (Lipinski definition) is 1. The Morgan fingerprint density at radius 2 is 2.03 bits per heavy atom. The Labute approximate surface area is 221 Å². The minimum Gasteiger partial charge on any atom is -0.488 e. The van der Waals surface area contributed by atoms with Crippen LogP contribution in [0.2, 0.25) is 0 Å². The van der Waals surface area contributed by atoms with Crippen LogP contribution in [-0.2, 0) is 27.2 Å². The molecule has 0 saturated carbocycles. The highest BCUT2D eigenvalue weighted by molar-refractivity contribution is 5.91. The van der Waals surface area contributed by atoms with Gasteiger partial charge < -0.3 is 29.0 Å². The molecule has 1 aromatic carbocycles. The van der Waals surface area contributed by atoms with Gasteiger partial charge in [0.15, 0.2) is 0 Å². The number of nitrogens with zero attached hydrogens (tertiary/aromatic N) is 2. The molecule has 0 aliphatic carbocycles. The number of hydrogen-bond acceptors (Lipinski definition) is 5. The average molecular weight is 528 g/mol. The molecule has 2 heterocycles. The Balaban J connectivity index is 0.00000456. The number of aryl methyl sites for hydroxylation is 1. The zero-order valence-corrected chi connectivity index (χ0v) is 23.2. The van der Waals surface area contributed by atoms with Crippen molar-refractivity contribution in [2.24, 2.45) is 0 Å². The maximum Gasteiger partial charge on any atom is 0.229 e. The molecule has 1 unspecified atom stereocenters. The van der Waals surface area contributed by atoms with Gasteiger partial charge in [-0.1, -0.05) is 0 Å². The molecule has 1 aliphatic heterocycles. The minimum atomic E-state index is -0.325. The minimum absolute atomic E-state index is 0. The van der Waals surface area contributed by atoms with Crippen molar-refractivity contribution >= 4 is 29.2 Å². The predicted octanol–water partition coefficient (Wildman–Crippen LogP) is 4.57. The highest BCUT2D eigenvalue weighted by atomic mass is 35.5. The molecular formula is C27H43ClFN3O4. The number of fused-ring (bicyclic) bond motifs is 1. The third-order valence-corrected chi connectivity index (χ3v) is 6.75. The van der Waals surface area contributed by atoms with E-state index in [9.17, 15) is 9.18 Å². The number of benzene rings is 1. The van der Waals surface area contributed by atoms with Gasteiger partial charge in [0, 0.05) is 51.4 Å². The smallest absolute Gasteiger partial charge is 0.229 e. The summed E-state index contributed by atoms with van der Waals surface area (Å²) in [6.45, 7) is 9.55. The molecule has 1 amide bonds. The van der Waals surface area contributed by atoms with Crippen LogP contribution in [0.5, 0.6) is 5.75 Å². The molecule has 204 valence electrons. The molecule has 36 heavy (non-hydrogen) atoms. The second-order valence-electron chi connectivity index (χ2n) is 9.72. The van der Waals surface area contributed by atoms with Crippen molar-refractivity contribution in [1.29, 1.82) is 0 Å². The van der Waals surface area contributed by atoms with Crippen LogP contribution in [0.3, 0.4) is 0 Å². The number of ether oxygens (including phenoxy) is 3. The summed E-state index contributed by atoms with van der Waals surface area (Å²) < 4.78 is 33.3. The summed E-state index contributed by atoms with van der Waals surface area (Å²) in [6, 6.07) is 5.02. The van der Waals surface area contributed by atoms with Gasteiger partial charge in [0.05, 0.1) is 23.7 Å². The van der Waals surface area contributed by atoms with Gasteiger partial charge in [-0.25, -0.2) is 4.39 Å². The fourth-order valence-electron chi connectivity index (χ4n) is 4.94. The lowest BCUT2D eigenvalue weighted by atomic mass is 10.0. The van der Waals surface area contributed by atoms with E-state index in [2.05, 4.69) is 23.7 Å². The van der Waals surface area contributed by atoms with Crippen molar-refractivity contribution < 1.29 is 23.4 Å². The van der Waals surface area contributed by atoms with Crippen molar-refractivity contribution in [1.82, 2.24) is 14.8 Å². The molecule has 2 atom stereocenters. The third-order valence-electron chi connectivity index (χ3n) is 6.75. The molecule has 3 rings (SSSR count). The van der Waals surface area contributed by atoms with Crippen LogP contribution in [0.15, 0.2) is 18.2 Å². The first-order valence-electron chi connectivity index (χ1n) is 12.8. The van der Waals surface area contributed by atoms with E-state index in [1.807, 2.05) is 11.8 Å². The largest absolute Gasteiger partial charge is 0.488 e. The van der Waals surface area contributed by atoms with E-state index in [0.29, 0.717) is 30.9 Å². The molecule has 9 heteroatoms. The van der Waals surface area contributed by atoms with Crippen LogP contribution in [0, 0.1) is 5.82 Å². The van der Waals surface area contributed by atoms with Crippen LogP contribution in [0.1, 0.15) is 52.1 Å². The van der Waals surface area contributed by atoms with Crippen molar-refractivity contribution in [3.8, 4) is 5.75 Å². The number of piperidine rings is 1. The van der Waals surface area contributed by atoms with Gasteiger partial charge in [-0.3, -0.25) is 4.79 Å². The SMILES string of the molecule is COCCCCn1c(CC(=O)N(C(C)C)[C@@H]2CCCNC2)c(OCC(C)OC)c2cc(F)ccc21.Cl. The second-order valence-corrected chi connectivity index (χ2v) is 9.72. The maximum atomic E-state index is 14.3. The number of rotatable bonds is 13. The molecule has 1 aliphatic rings. The lowest BCUT2D eigenvalue weighted by Gasteiger charge is -2.38. The lowest BCUT2D eigenvalue weighted by Crippen LogP contribution is -2.52. The van der Waals surface area contributed by atoms with Crippen molar-refractivity contribution in [2.45, 2.75) is 77.6 Å². The maximum absolute atomic E-state index is 14.3. The first-order valence-corrected chi connectivity index (χ1v) is 12.8. The number of unbranched alkanes of at least 4 members (excludes halogenated alkanes) is 1. The summed E-state index contributed by atoms with van der Waals surface area (Å²) in [7, 11) is 3.33. The summed E-state index contributed by atoms with van der Waals surface area (Å²) in [5.74, 6) is 0.322. The van der Waals surface area contributed by atoms with Gasteiger partial charge in [-0.15, -0.1) is 12.4 Å². The molecule has 2 aromatic rings. The van der Waals surface area contributed by atoms with Gasteiger partial charge >= 0.3 is 0 Å². The topological polar surface area (TPSA) is 65.0 Å². The Morgan fingerprint density at radius 1 is 1.25 bits per heavy atom. The Hall–Kier alpha value is -1.87. The molecule has 1 saturated heterocycles. The quantitative estimate of drug-likeness (QED) is 0.386. The van der Waals surface area contributed by atoms with E-state index in [4.69, 9.17) is 14.2 Å². The summed E-state index contributed by atoms with van der Waals surface area (Å²) in [5.41, 5.74) is 1.67. The molecule has 1 aromatic heterocycles. The Kier molecular flexibility index (Phi) is 12.4. The number of nitrogens with one attached hydrogen (secondary N) is 1. The number of halogens is 2. The van der Waals surface area contributed by atoms with Crippen LogP contribution in [0.4, 0.5) is 4.39 Å². The molecular weight excluding hydrogens is 485 g/mol. The number of carbonyl (C=O) groups excluding carboxylic acids is 1. The zero-order chi connectivity index (χ0) is 25.4. The van der Waals surface area contributed by atoms with Crippen molar-refractivity contribution in [3.05, 3.63) is 29.7 Å². The summed E-state index contributed by atoms with van der Waals surface area (Å²) in [6.07, 6.45) is 3.90. The van der Waals surface area contributed by atoms with Crippen LogP contribution < -0.4 is 10.1 Å². The van der Waals surface area contributed by atoms with E-state index in [1.165, 1.54) is 12.1 Å². The van der Waals surface area contributed by atoms with Gasteiger partial charge in [0.25, 0.3) is 0 Å². The van der Waals surface area contributed by atoms with Gasteiger partial charge in [0.2, 0.25) is 5.91 Å². The first kappa shape index (κ1) is 30.4. The fourth-order valence-corrected chi connectivity index (χ4v) is 4.94. The number of amides is 1. The fraction of sp³-hybridized carbons (Fsp3) is 0.667. The van der Waals surface area contributed by atoms with Crippen LogP contribution in [-0.4, -0.2) is 74.1 Å². The predicted molar refractivity (Wildman–Crippen MR) is 144 cm³/mol. The van der Waals surface area contributed by atoms with Gasteiger partial charge in [-0.05, 0) is 71.2 Å². The van der Waals surface area contributed by atoms with Gasteiger partial charge in [-0.2, -0.15) is 0 Å². The lowest BCUT2D eigenvalue weighted by molar-refractivity contribution is -0.135. The highest BCUT2D eigenvalue weighted by Crippen LogP contribution is 2.35. The molecule has 0 bridgehead atoms. The number of aromatic nitrogens is 1. The van der Waals surface area contributed by atoms with Crippen LogP contribution in [0.25, 0.3) is 10.9 Å². The molecule has 1 fully saturated rings. The molecule has 0 radical (unpaired) electrons. The standard InChI is InChI=1S/C27H42FN3O4.ClH/c1-19(2)31(22-9-8-12-29-17-22)26(32)16-25-27(35-18-20(3)34-5)23-15-21(28)10-11-24(23)30(25)13-6-7-14-33-4;/h10-11,15,19-20,22,29H,6-9,12-14,16-18H2,1-5H3;1H/t20?,22-;/m1./s1. The second kappa shape index (κ2) is 14.8. The normalized spacial score (nSPS) is 16.7. The van der Waals surface area contributed by atoms with E-state index in [1.54, 1.807) is 20.3 Å². The Bertz CT molecular complexity index is 962. The van der Waals surface area contributed by atoms with E-state index in [-0.39, 0.29) is 48.7 Å². The van der Waals surface area contributed by atoms with E-state index < -0.39 is 0 Å². The monoisotopic (exact) mass is 527 g/mol. The summed E-state index contributed by atoms with van der Waals surface area (Å²) >= 11 is 0. The summed E-state index contributed by atoms with van der Waals surface area (Å²) in [5, 5.41) is 4.12. The van der Waals surface area contributed by atoms with Gasteiger partial charge in [0.1, 0.15) is 18.2 Å². The van der Waals surface area contributed by atoms with Crippen molar-refractivity contribution in [2.75, 3.05) is 40.5 Å². The van der Waals surface area contributed by atoms with E-state index in [0.717, 1.165) is 50.0 Å². The zero-order valence-electron chi connectivity index (χ0n) is 22.3. The summed E-state index contributed by atoms with van der Waals surface area (Å²) in [4.78, 5) is 15.8. The van der Waals surface area contributed by atoms with Crippen molar-refractivity contribution in [3.63, 3.8) is 0 Å². The number of methoxy groups -OCH3 is 2. The average Bonchev–Trinajstić information content (AvgIpc) is 3.11. The third kappa shape index (κ3) is 7.57. The first-order chi connectivity index (χ1) is 16.9. The van der Waals surface area contributed by atoms with Crippen LogP contribution >= 0.6 is 12.4 Å². The molecule has 7 nitrogen and oxygen atoms in total. The molecule has 0 spiro atoms. The number of carbonyl (C=O) groups is 1. The Morgan fingerprint density at radius 3 is 2.67 bits per heavy atom. The molecule has 1 N–H and O–H groups in total. The van der Waals surface area contributed by atoms with E-state index >= 15 is 0 Å².